The summed E-state index contributed by atoms with van der Waals surface area (Å²) in [6.07, 6.45) is 3.31. The van der Waals surface area contributed by atoms with Crippen molar-refractivity contribution in [3.8, 4) is 5.75 Å². The van der Waals surface area contributed by atoms with Crippen LogP contribution in [0.1, 0.15) is 11.6 Å². The fourth-order valence-electron chi connectivity index (χ4n) is 3.13. The number of thioether (sulfide) groups is 1. The third kappa shape index (κ3) is 4.14. The van der Waals surface area contributed by atoms with Crippen LogP contribution in [0.25, 0.3) is 0 Å². The Hall–Kier alpha value is -2.82. The minimum atomic E-state index is -1.20. The Morgan fingerprint density at radius 2 is 2.10 bits per heavy atom. The molecule has 1 unspecified atom stereocenters. The van der Waals surface area contributed by atoms with Gasteiger partial charge in [-0.2, -0.15) is 0 Å². The molecule has 0 bridgehead atoms. The average molecular weight is 419 g/mol. The standard InChI is InChI=1S/C19H21N3O6S/c1-28-8-2-3-11-9-29-18-14(17(25)22(18)15(11)19(26)27)21-16(24)13(20)10-4-6-12(23)7-5-10/h2-7,13-14,18,23H,8-9,20H2,1H3,(H,21,24)(H,26,27)/b3-2-/t13?,14-,18+/m1/s1. The summed E-state index contributed by atoms with van der Waals surface area (Å²) >= 11 is 1.37. The van der Waals surface area contributed by atoms with Crippen LogP contribution in [0.5, 0.6) is 5.75 Å². The highest BCUT2D eigenvalue weighted by Gasteiger charge is 2.54. The van der Waals surface area contributed by atoms with Gasteiger partial charge in [0.15, 0.2) is 0 Å². The van der Waals surface area contributed by atoms with Crippen LogP contribution >= 0.6 is 11.8 Å². The van der Waals surface area contributed by atoms with Crippen LogP contribution in [0.4, 0.5) is 0 Å². The van der Waals surface area contributed by atoms with Gasteiger partial charge in [0.05, 0.1) is 6.61 Å². The van der Waals surface area contributed by atoms with E-state index in [1.165, 1.54) is 48.0 Å². The second kappa shape index (κ2) is 8.68. The maximum atomic E-state index is 12.6. The molecule has 2 amide bonds. The van der Waals surface area contributed by atoms with Crippen molar-refractivity contribution in [2.24, 2.45) is 5.73 Å². The molecule has 1 aromatic rings. The molecule has 3 rings (SSSR count). The lowest BCUT2D eigenvalue weighted by atomic mass is 10.0. The van der Waals surface area contributed by atoms with Crippen LogP contribution in [-0.4, -0.2) is 63.8 Å². The number of amides is 2. The maximum Gasteiger partial charge on any atom is 0.352 e. The molecule has 9 nitrogen and oxygen atoms in total. The van der Waals surface area contributed by atoms with E-state index in [4.69, 9.17) is 10.5 Å². The number of phenols is 1. The third-order valence-electron chi connectivity index (χ3n) is 4.61. The summed E-state index contributed by atoms with van der Waals surface area (Å²) in [7, 11) is 1.53. The van der Waals surface area contributed by atoms with Gasteiger partial charge in [0.1, 0.15) is 28.9 Å². The lowest BCUT2D eigenvalue weighted by Gasteiger charge is -2.49. The van der Waals surface area contributed by atoms with Crippen molar-refractivity contribution in [1.29, 1.82) is 0 Å². The van der Waals surface area contributed by atoms with Crippen molar-refractivity contribution in [1.82, 2.24) is 10.2 Å². The summed E-state index contributed by atoms with van der Waals surface area (Å²) in [5, 5.41) is 21.0. The fraction of sp³-hybridized carbons (Fsp3) is 0.316. The Morgan fingerprint density at radius 3 is 2.72 bits per heavy atom. The van der Waals surface area contributed by atoms with Gasteiger partial charge in [-0.25, -0.2) is 4.79 Å². The number of nitrogens with zero attached hydrogens (tertiary/aromatic N) is 1. The predicted octanol–water partition coefficient (Wildman–Crippen LogP) is 0.333. The Morgan fingerprint density at radius 1 is 1.41 bits per heavy atom. The number of carboxylic acids is 1. The number of carboxylic acid groups (broad SMARTS) is 1. The van der Waals surface area contributed by atoms with Crippen molar-refractivity contribution in [2.75, 3.05) is 19.5 Å². The largest absolute Gasteiger partial charge is 0.508 e. The number of carbonyl (C=O) groups is 3. The first-order chi connectivity index (χ1) is 13.8. The number of carbonyl (C=O) groups excluding carboxylic acids is 2. The molecule has 2 aliphatic heterocycles. The van der Waals surface area contributed by atoms with E-state index < -0.39 is 35.2 Å². The van der Waals surface area contributed by atoms with Gasteiger partial charge < -0.3 is 26.0 Å². The summed E-state index contributed by atoms with van der Waals surface area (Å²) in [5.74, 6) is -1.82. The van der Waals surface area contributed by atoms with Gasteiger partial charge >= 0.3 is 5.97 Å². The number of aliphatic carboxylic acids is 1. The van der Waals surface area contributed by atoms with Crippen molar-refractivity contribution in [3.05, 3.63) is 53.3 Å². The summed E-state index contributed by atoms with van der Waals surface area (Å²) in [5.41, 5.74) is 6.85. The molecule has 10 heteroatoms. The van der Waals surface area contributed by atoms with E-state index in [0.29, 0.717) is 23.5 Å². The van der Waals surface area contributed by atoms with E-state index in [2.05, 4.69) is 5.32 Å². The molecular weight excluding hydrogens is 398 g/mol. The minimum absolute atomic E-state index is 0.0492. The molecule has 1 aromatic carbocycles. The molecule has 5 N–H and O–H groups in total. The first-order valence-corrected chi connectivity index (χ1v) is 9.81. The first-order valence-electron chi connectivity index (χ1n) is 8.76. The molecule has 0 aliphatic carbocycles. The van der Waals surface area contributed by atoms with E-state index in [-0.39, 0.29) is 11.4 Å². The highest BCUT2D eigenvalue weighted by atomic mass is 32.2. The highest BCUT2D eigenvalue weighted by molar-refractivity contribution is 8.00. The van der Waals surface area contributed by atoms with E-state index in [0.717, 1.165) is 0 Å². The highest BCUT2D eigenvalue weighted by Crippen LogP contribution is 2.40. The predicted molar refractivity (Wildman–Crippen MR) is 106 cm³/mol. The third-order valence-corrected chi connectivity index (χ3v) is 5.92. The van der Waals surface area contributed by atoms with E-state index in [1.807, 2.05) is 0 Å². The number of allylic oxidation sites excluding steroid dienone is 1. The smallest absolute Gasteiger partial charge is 0.352 e. The number of nitrogens with two attached hydrogens (primary N) is 1. The lowest BCUT2D eigenvalue weighted by Crippen LogP contribution is -2.71. The number of fused-ring (bicyclic) bond motifs is 1. The molecule has 0 spiro atoms. The second-order valence-electron chi connectivity index (χ2n) is 6.50. The first kappa shape index (κ1) is 20.9. The van der Waals surface area contributed by atoms with Crippen LogP contribution in [0.3, 0.4) is 0 Å². The number of aromatic hydroxyl groups is 1. The van der Waals surface area contributed by atoms with Gasteiger partial charge in [0.25, 0.3) is 5.91 Å². The van der Waals surface area contributed by atoms with Crippen molar-refractivity contribution in [3.63, 3.8) is 0 Å². The van der Waals surface area contributed by atoms with E-state index in [1.54, 1.807) is 12.2 Å². The molecule has 0 aromatic heterocycles. The van der Waals surface area contributed by atoms with Gasteiger partial charge in [-0.3, -0.25) is 14.5 Å². The number of nitrogens with one attached hydrogen (secondary N) is 1. The molecule has 3 atom stereocenters. The molecule has 0 saturated carbocycles. The van der Waals surface area contributed by atoms with Gasteiger partial charge in [0, 0.05) is 12.9 Å². The van der Waals surface area contributed by atoms with Crippen LogP contribution in [0.2, 0.25) is 0 Å². The second-order valence-corrected chi connectivity index (χ2v) is 7.61. The topological polar surface area (TPSA) is 142 Å². The zero-order chi connectivity index (χ0) is 21.1. The Bertz CT molecular complexity index is 882. The average Bonchev–Trinajstić information content (AvgIpc) is 2.71. The number of methoxy groups -OCH3 is 1. The Balaban J connectivity index is 1.72. The number of hydrogen-bond donors (Lipinski definition) is 4. The quantitative estimate of drug-likeness (QED) is 0.463. The SMILES string of the molecule is COC/C=C\C1=C(C(=O)O)N2C(=O)[C@@H](NC(=O)C(N)c3ccc(O)cc3)[C@@H]2SC1. The molecular formula is C19H21N3O6S. The zero-order valence-electron chi connectivity index (χ0n) is 15.6. The molecule has 0 radical (unpaired) electrons. The summed E-state index contributed by atoms with van der Waals surface area (Å²) in [4.78, 5) is 38.0. The van der Waals surface area contributed by atoms with Crippen LogP contribution < -0.4 is 11.1 Å². The number of β-lactam (4-membered cyclic amide) rings is 1. The Labute approximate surface area is 171 Å². The number of benzene rings is 1. The Kier molecular flexibility index (Phi) is 6.26. The number of ether oxygens (including phenoxy) is 1. The summed E-state index contributed by atoms with van der Waals surface area (Å²) in [6, 6.07) is 4.00. The van der Waals surface area contributed by atoms with E-state index in [9.17, 15) is 24.6 Å². The van der Waals surface area contributed by atoms with Crippen molar-refractivity contribution < 1.29 is 29.3 Å². The van der Waals surface area contributed by atoms with E-state index >= 15 is 0 Å². The molecule has 1 fully saturated rings. The van der Waals surface area contributed by atoms with Crippen LogP contribution in [0.15, 0.2) is 47.7 Å². The van der Waals surface area contributed by atoms with Crippen LogP contribution in [-0.2, 0) is 19.1 Å². The summed E-state index contributed by atoms with van der Waals surface area (Å²) in [6.45, 7) is 0.326. The fourth-order valence-corrected chi connectivity index (χ4v) is 4.45. The van der Waals surface area contributed by atoms with Crippen molar-refractivity contribution >= 4 is 29.5 Å². The molecule has 29 heavy (non-hydrogen) atoms. The maximum absolute atomic E-state index is 12.6. The molecule has 2 aliphatic rings. The number of phenolic OH excluding ortho intramolecular Hbond substituents is 1. The minimum Gasteiger partial charge on any atom is -0.508 e. The molecule has 154 valence electrons. The normalized spacial score (nSPS) is 22.3. The van der Waals surface area contributed by atoms with Crippen molar-refractivity contribution in [2.45, 2.75) is 17.5 Å². The summed E-state index contributed by atoms with van der Waals surface area (Å²) < 4.78 is 4.92. The van der Waals surface area contributed by atoms with Crippen LogP contribution in [0, 0.1) is 0 Å². The molecule has 2 heterocycles. The van der Waals surface area contributed by atoms with Gasteiger partial charge in [-0.05, 0) is 23.3 Å². The van der Waals surface area contributed by atoms with Gasteiger partial charge in [0.2, 0.25) is 5.91 Å². The number of rotatable bonds is 7. The lowest BCUT2D eigenvalue weighted by molar-refractivity contribution is -0.150. The number of hydrogen-bond acceptors (Lipinski definition) is 7. The molecule has 1 saturated heterocycles. The zero-order valence-corrected chi connectivity index (χ0v) is 16.4. The van der Waals surface area contributed by atoms with Gasteiger partial charge in [-0.15, -0.1) is 11.8 Å². The van der Waals surface area contributed by atoms with Gasteiger partial charge in [-0.1, -0.05) is 24.3 Å². The monoisotopic (exact) mass is 419 g/mol.